The molecular weight excluding hydrogens is 587 g/mol. The van der Waals surface area contributed by atoms with E-state index in [2.05, 4.69) is 5.32 Å². The smallest absolute Gasteiger partial charge is 0.339 e. The van der Waals surface area contributed by atoms with E-state index in [-0.39, 0.29) is 22.0 Å². The second-order valence-corrected chi connectivity index (χ2v) is 9.89. The third kappa shape index (κ3) is 5.05. The fraction of sp³-hybridized carbons (Fsp3) is 0.0417. The monoisotopic (exact) mass is 604 g/mol. The first-order valence-corrected chi connectivity index (χ1v) is 12.5. The number of urea groups is 1. The number of imide groups is 2. The molecule has 0 atom stereocenters. The van der Waals surface area contributed by atoms with Gasteiger partial charge in [-0.05, 0) is 70.6 Å². The molecule has 3 aromatic rings. The average Bonchev–Trinajstić information content (AvgIpc) is 2.84. The van der Waals surface area contributed by atoms with Gasteiger partial charge in [0.05, 0.1) is 16.4 Å². The van der Waals surface area contributed by atoms with Gasteiger partial charge < -0.3 is 8.92 Å². The van der Waals surface area contributed by atoms with Crippen LogP contribution in [0.25, 0.3) is 6.08 Å². The van der Waals surface area contributed by atoms with Gasteiger partial charge >= 0.3 is 16.1 Å². The predicted octanol–water partition coefficient (Wildman–Crippen LogP) is 3.73. The summed E-state index contributed by atoms with van der Waals surface area (Å²) in [7, 11) is -2.80. The van der Waals surface area contributed by atoms with Gasteiger partial charge in [-0.25, -0.2) is 9.69 Å². The molecule has 0 radical (unpaired) electrons. The zero-order valence-corrected chi connectivity index (χ0v) is 21.1. The van der Waals surface area contributed by atoms with Crippen LogP contribution in [0.15, 0.2) is 83.3 Å². The maximum Gasteiger partial charge on any atom is 0.339 e. The summed E-state index contributed by atoms with van der Waals surface area (Å²) in [6, 6.07) is 17.9. The van der Waals surface area contributed by atoms with E-state index in [0.29, 0.717) is 14.8 Å². The van der Waals surface area contributed by atoms with Gasteiger partial charge in [0, 0.05) is 0 Å². The number of nitrogens with one attached hydrogen (secondary N) is 1. The van der Waals surface area contributed by atoms with E-state index < -0.39 is 28.0 Å². The van der Waals surface area contributed by atoms with Crippen LogP contribution in [0.3, 0.4) is 0 Å². The lowest BCUT2D eigenvalue weighted by Gasteiger charge is -2.26. The fourth-order valence-electron chi connectivity index (χ4n) is 3.28. The predicted molar refractivity (Wildman–Crippen MR) is 135 cm³/mol. The number of hydrogen-bond donors (Lipinski definition) is 1. The van der Waals surface area contributed by atoms with Crippen molar-refractivity contribution in [1.29, 1.82) is 0 Å². The van der Waals surface area contributed by atoms with Gasteiger partial charge in [-0.1, -0.05) is 36.4 Å². The Morgan fingerprint density at radius 1 is 0.943 bits per heavy atom. The van der Waals surface area contributed by atoms with Crippen molar-refractivity contribution in [2.45, 2.75) is 4.90 Å². The number of methoxy groups -OCH3 is 1. The molecule has 1 fully saturated rings. The molecule has 178 valence electrons. The number of halogens is 1. The Balaban J connectivity index is 1.71. The van der Waals surface area contributed by atoms with E-state index >= 15 is 0 Å². The first-order valence-electron chi connectivity index (χ1n) is 10.0. The Bertz CT molecular complexity index is 1460. The third-order valence-corrected chi connectivity index (χ3v) is 6.94. The molecule has 0 saturated carbocycles. The summed E-state index contributed by atoms with van der Waals surface area (Å²) in [6.07, 6.45) is 1.29. The maximum atomic E-state index is 13.0. The van der Waals surface area contributed by atoms with Crippen LogP contribution in [0.4, 0.5) is 10.5 Å². The molecule has 1 aliphatic heterocycles. The van der Waals surface area contributed by atoms with Crippen molar-refractivity contribution < 1.29 is 31.7 Å². The van der Waals surface area contributed by atoms with Gasteiger partial charge in [0.2, 0.25) is 0 Å². The van der Waals surface area contributed by atoms with E-state index in [0.717, 1.165) is 4.90 Å². The minimum Gasteiger partial charge on any atom is -0.493 e. The second-order valence-electron chi connectivity index (χ2n) is 7.18. The largest absolute Gasteiger partial charge is 0.493 e. The molecule has 3 aromatic carbocycles. The van der Waals surface area contributed by atoms with Crippen LogP contribution in [-0.2, 0) is 19.7 Å². The second kappa shape index (κ2) is 9.88. The number of rotatable bonds is 6. The number of barbiturate groups is 1. The van der Waals surface area contributed by atoms with Crippen LogP contribution in [0.1, 0.15) is 5.56 Å². The van der Waals surface area contributed by atoms with Crippen molar-refractivity contribution in [1.82, 2.24) is 5.32 Å². The molecule has 1 aliphatic rings. The molecule has 0 aliphatic carbocycles. The normalized spacial score (nSPS) is 15.2. The van der Waals surface area contributed by atoms with Crippen molar-refractivity contribution in [3.63, 3.8) is 0 Å². The summed E-state index contributed by atoms with van der Waals surface area (Å²) in [5.41, 5.74) is 0.379. The molecule has 1 heterocycles. The number of carbonyl (C=O) groups is 3. The number of hydrogen-bond acceptors (Lipinski definition) is 7. The number of anilines is 1. The zero-order chi connectivity index (χ0) is 25.2. The van der Waals surface area contributed by atoms with E-state index in [1.54, 1.807) is 48.5 Å². The van der Waals surface area contributed by atoms with Crippen LogP contribution >= 0.6 is 22.6 Å². The van der Waals surface area contributed by atoms with Gasteiger partial charge in [-0.15, -0.1) is 0 Å². The topological polar surface area (TPSA) is 119 Å². The molecule has 0 aromatic heterocycles. The maximum absolute atomic E-state index is 13.0. The van der Waals surface area contributed by atoms with Crippen LogP contribution < -0.4 is 19.1 Å². The minimum absolute atomic E-state index is 0.0285. The lowest BCUT2D eigenvalue weighted by atomic mass is 10.1. The first kappa shape index (κ1) is 24.4. The van der Waals surface area contributed by atoms with Gasteiger partial charge in [0.25, 0.3) is 11.8 Å². The Kier molecular flexibility index (Phi) is 6.89. The SMILES string of the molecule is COc1cc(/C=C2\C(=O)NC(=O)N(c3ccccc3)C2=O)cc(I)c1OS(=O)(=O)c1ccccc1. The van der Waals surface area contributed by atoms with Crippen LogP contribution in [0.5, 0.6) is 11.5 Å². The summed E-state index contributed by atoms with van der Waals surface area (Å²) in [4.78, 5) is 38.6. The molecule has 0 unspecified atom stereocenters. The van der Waals surface area contributed by atoms with Crippen LogP contribution in [0.2, 0.25) is 0 Å². The molecule has 1 N–H and O–H groups in total. The lowest BCUT2D eigenvalue weighted by Crippen LogP contribution is -2.54. The fourth-order valence-corrected chi connectivity index (χ4v) is 5.15. The van der Waals surface area contributed by atoms with Gasteiger partial charge in [0.1, 0.15) is 10.5 Å². The Labute approximate surface area is 214 Å². The zero-order valence-electron chi connectivity index (χ0n) is 18.1. The number of benzene rings is 3. The summed E-state index contributed by atoms with van der Waals surface area (Å²) in [5, 5.41) is 2.15. The average molecular weight is 604 g/mol. The quantitative estimate of drug-likeness (QED) is 0.197. The van der Waals surface area contributed by atoms with E-state index in [1.165, 1.54) is 37.5 Å². The Morgan fingerprint density at radius 2 is 1.57 bits per heavy atom. The van der Waals surface area contributed by atoms with E-state index in [4.69, 9.17) is 8.92 Å². The molecule has 1 saturated heterocycles. The molecule has 4 amide bonds. The molecule has 9 nitrogen and oxygen atoms in total. The van der Waals surface area contributed by atoms with E-state index in [1.807, 2.05) is 22.6 Å². The summed E-state index contributed by atoms with van der Waals surface area (Å²) in [6.45, 7) is 0. The molecule has 11 heteroatoms. The first-order chi connectivity index (χ1) is 16.7. The van der Waals surface area contributed by atoms with Gasteiger partial charge in [0.15, 0.2) is 11.5 Å². The Hall–Kier alpha value is -3.71. The molecule has 4 rings (SSSR count). The van der Waals surface area contributed by atoms with E-state index in [9.17, 15) is 22.8 Å². The van der Waals surface area contributed by atoms with Crippen molar-refractivity contribution in [3.05, 3.63) is 87.5 Å². The number of amides is 4. The third-order valence-electron chi connectivity index (χ3n) is 4.90. The minimum atomic E-state index is -4.13. The summed E-state index contributed by atoms with van der Waals surface area (Å²) < 4.78 is 36.4. The van der Waals surface area contributed by atoms with Crippen molar-refractivity contribution in [3.8, 4) is 11.5 Å². The summed E-state index contributed by atoms with van der Waals surface area (Å²) in [5.74, 6) is -1.62. The molecule has 35 heavy (non-hydrogen) atoms. The standard InChI is InChI=1S/C24H17IN2O7S/c1-33-20-14-15(13-19(25)21(20)34-35(31,32)17-10-6-3-7-11-17)12-18-22(28)26-24(30)27(23(18)29)16-8-4-2-5-9-16/h2-14H,1H3,(H,26,28,30)/b18-12+. The molecular formula is C24H17IN2O7S. The van der Waals surface area contributed by atoms with Gasteiger partial charge in [-0.3, -0.25) is 14.9 Å². The van der Waals surface area contributed by atoms with Crippen molar-refractivity contribution in [2.24, 2.45) is 0 Å². The highest BCUT2D eigenvalue weighted by molar-refractivity contribution is 14.1. The Morgan fingerprint density at radius 3 is 2.20 bits per heavy atom. The van der Waals surface area contributed by atoms with Crippen molar-refractivity contribution >= 4 is 62.3 Å². The van der Waals surface area contributed by atoms with Gasteiger partial charge in [-0.2, -0.15) is 8.42 Å². The van der Waals surface area contributed by atoms with Crippen LogP contribution in [-0.4, -0.2) is 33.4 Å². The molecule has 0 bridgehead atoms. The highest BCUT2D eigenvalue weighted by Crippen LogP contribution is 2.37. The number of ether oxygens (including phenoxy) is 1. The highest BCUT2D eigenvalue weighted by atomic mass is 127. The number of nitrogens with zero attached hydrogens (tertiary/aromatic N) is 1. The van der Waals surface area contributed by atoms with Crippen molar-refractivity contribution in [2.75, 3.05) is 12.0 Å². The molecule has 0 spiro atoms. The number of carbonyl (C=O) groups excluding carboxylic acids is 3. The number of para-hydroxylation sites is 1. The summed E-state index contributed by atoms with van der Waals surface area (Å²) >= 11 is 1.87. The van der Waals surface area contributed by atoms with Crippen LogP contribution in [0, 0.1) is 3.57 Å². The highest BCUT2D eigenvalue weighted by Gasteiger charge is 2.36. The lowest BCUT2D eigenvalue weighted by molar-refractivity contribution is -0.122.